The maximum atomic E-state index is 5.74. The maximum Gasteiger partial charge on any atom is 0.133 e. The van der Waals surface area contributed by atoms with Gasteiger partial charge in [-0.2, -0.15) is 0 Å². The van der Waals surface area contributed by atoms with Crippen LogP contribution in [0.3, 0.4) is 0 Å². The molecule has 1 fully saturated rings. The summed E-state index contributed by atoms with van der Waals surface area (Å²) in [5, 5.41) is 0. The van der Waals surface area contributed by atoms with Gasteiger partial charge in [0.1, 0.15) is 5.82 Å². The molecular weight excluding hydrogens is 186 g/mol. The van der Waals surface area contributed by atoms with E-state index in [4.69, 9.17) is 5.73 Å². The van der Waals surface area contributed by atoms with Crippen LogP contribution in [0.15, 0.2) is 18.3 Å². The number of hydrogen-bond acceptors (Lipinski definition) is 3. The van der Waals surface area contributed by atoms with Crippen LogP contribution in [0.1, 0.15) is 31.7 Å². The lowest BCUT2D eigenvalue weighted by Gasteiger charge is -2.35. The Kier molecular flexibility index (Phi) is 3.21. The molecule has 0 bridgehead atoms. The Labute approximate surface area is 91.3 Å². The van der Waals surface area contributed by atoms with Crippen molar-refractivity contribution in [3.05, 3.63) is 23.9 Å². The monoisotopic (exact) mass is 205 g/mol. The second-order valence-corrected chi connectivity index (χ2v) is 4.23. The van der Waals surface area contributed by atoms with Gasteiger partial charge in [0, 0.05) is 30.9 Å². The first-order chi connectivity index (χ1) is 7.33. The summed E-state index contributed by atoms with van der Waals surface area (Å²) in [6, 6.07) is 4.63. The fourth-order valence-corrected chi connectivity index (χ4v) is 2.26. The van der Waals surface area contributed by atoms with Gasteiger partial charge in [0.25, 0.3) is 0 Å². The summed E-state index contributed by atoms with van der Waals surface area (Å²) in [5.74, 6) is 1.09. The lowest BCUT2D eigenvalue weighted by atomic mass is 10.0. The van der Waals surface area contributed by atoms with Gasteiger partial charge in [-0.1, -0.05) is 6.07 Å². The zero-order valence-corrected chi connectivity index (χ0v) is 9.32. The molecule has 1 aromatic heterocycles. The van der Waals surface area contributed by atoms with Crippen molar-refractivity contribution in [1.29, 1.82) is 0 Å². The summed E-state index contributed by atoms with van der Waals surface area (Å²) in [4.78, 5) is 6.86. The van der Waals surface area contributed by atoms with Gasteiger partial charge in [0.2, 0.25) is 0 Å². The van der Waals surface area contributed by atoms with Crippen LogP contribution < -0.4 is 10.6 Å². The highest BCUT2D eigenvalue weighted by Gasteiger charge is 2.20. The molecule has 1 aliphatic rings. The minimum atomic E-state index is 0.576. The molecule has 1 unspecified atom stereocenters. The van der Waals surface area contributed by atoms with E-state index in [2.05, 4.69) is 22.9 Å². The third-order valence-corrected chi connectivity index (χ3v) is 3.16. The van der Waals surface area contributed by atoms with Crippen molar-refractivity contribution in [2.24, 2.45) is 5.73 Å². The number of nitrogens with two attached hydrogens (primary N) is 1. The highest BCUT2D eigenvalue weighted by Crippen LogP contribution is 2.25. The van der Waals surface area contributed by atoms with E-state index in [0.29, 0.717) is 12.6 Å². The first-order valence-electron chi connectivity index (χ1n) is 5.73. The van der Waals surface area contributed by atoms with Gasteiger partial charge < -0.3 is 10.6 Å². The molecule has 2 N–H and O–H groups in total. The SMILES string of the molecule is CC1CCCCN1c1ncccc1CN. The van der Waals surface area contributed by atoms with E-state index < -0.39 is 0 Å². The van der Waals surface area contributed by atoms with E-state index in [1.54, 1.807) is 0 Å². The Balaban J connectivity index is 2.26. The van der Waals surface area contributed by atoms with Crippen molar-refractivity contribution in [2.45, 2.75) is 38.8 Å². The molecule has 0 saturated carbocycles. The van der Waals surface area contributed by atoms with E-state index in [1.165, 1.54) is 19.3 Å². The Hall–Kier alpha value is -1.09. The number of rotatable bonds is 2. The molecule has 1 aromatic rings. The molecule has 0 radical (unpaired) electrons. The molecule has 1 saturated heterocycles. The van der Waals surface area contributed by atoms with Crippen LogP contribution in [0.25, 0.3) is 0 Å². The molecule has 3 heteroatoms. The van der Waals surface area contributed by atoms with Gasteiger partial charge >= 0.3 is 0 Å². The molecule has 0 aliphatic carbocycles. The summed E-state index contributed by atoms with van der Waals surface area (Å²) in [6.07, 6.45) is 5.73. The van der Waals surface area contributed by atoms with Crippen LogP contribution in [-0.2, 0) is 6.54 Å². The Bertz CT molecular complexity index is 324. The van der Waals surface area contributed by atoms with Crippen molar-refractivity contribution < 1.29 is 0 Å². The lowest BCUT2D eigenvalue weighted by molar-refractivity contribution is 0.480. The zero-order chi connectivity index (χ0) is 10.7. The van der Waals surface area contributed by atoms with E-state index in [1.807, 2.05) is 12.3 Å². The van der Waals surface area contributed by atoms with Gasteiger partial charge in [-0.25, -0.2) is 4.98 Å². The van der Waals surface area contributed by atoms with Gasteiger partial charge in [0.15, 0.2) is 0 Å². The Morgan fingerprint density at radius 2 is 2.40 bits per heavy atom. The quantitative estimate of drug-likeness (QED) is 0.802. The maximum absolute atomic E-state index is 5.74. The molecule has 0 amide bonds. The van der Waals surface area contributed by atoms with E-state index in [0.717, 1.165) is 17.9 Å². The van der Waals surface area contributed by atoms with Crippen LogP contribution in [0.4, 0.5) is 5.82 Å². The molecule has 2 rings (SSSR count). The van der Waals surface area contributed by atoms with E-state index >= 15 is 0 Å². The number of piperidine rings is 1. The average Bonchev–Trinajstić information content (AvgIpc) is 2.30. The highest BCUT2D eigenvalue weighted by atomic mass is 15.2. The average molecular weight is 205 g/mol. The smallest absolute Gasteiger partial charge is 0.133 e. The molecule has 1 atom stereocenters. The number of pyridine rings is 1. The van der Waals surface area contributed by atoms with Crippen LogP contribution in [-0.4, -0.2) is 17.6 Å². The summed E-state index contributed by atoms with van der Waals surface area (Å²) in [7, 11) is 0. The van der Waals surface area contributed by atoms with Gasteiger partial charge in [-0.3, -0.25) is 0 Å². The molecule has 1 aliphatic heterocycles. The van der Waals surface area contributed by atoms with Crippen LogP contribution in [0.5, 0.6) is 0 Å². The highest BCUT2D eigenvalue weighted by molar-refractivity contribution is 5.47. The summed E-state index contributed by atoms with van der Waals surface area (Å²) >= 11 is 0. The Morgan fingerprint density at radius 3 is 3.13 bits per heavy atom. The first-order valence-corrected chi connectivity index (χ1v) is 5.73. The largest absolute Gasteiger partial charge is 0.354 e. The third-order valence-electron chi connectivity index (χ3n) is 3.16. The van der Waals surface area contributed by atoms with E-state index in [9.17, 15) is 0 Å². The van der Waals surface area contributed by atoms with Crippen molar-refractivity contribution in [3.8, 4) is 0 Å². The molecule has 15 heavy (non-hydrogen) atoms. The molecule has 3 nitrogen and oxygen atoms in total. The fourth-order valence-electron chi connectivity index (χ4n) is 2.26. The minimum Gasteiger partial charge on any atom is -0.354 e. The van der Waals surface area contributed by atoms with Crippen LogP contribution >= 0.6 is 0 Å². The molecule has 2 heterocycles. The van der Waals surface area contributed by atoms with Crippen molar-refractivity contribution in [1.82, 2.24) is 4.98 Å². The number of hydrogen-bond donors (Lipinski definition) is 1. The van der Waals surface area contributed by atoms with Gasteiger partial charge in [0.05, 0.1) is 0 Å². The molecular formula is C12H19N3. The van der Waals surface area contributed by atoms with Crippen molar-refractivity contribution in [3.63, 3.8) is 0 Å². The van der Waals surface area contributed by atoms with Crippen LogP contribution in [0, 0.1) is 0 Å². The lowest BCUT2D eigenvalue weighted by Crippen LogP contribution is -2.38. The fraction of sp³-hybridized carbons (Fsp3) is 0.583. The molecule has 82 valence electrons. The first kappa shape index (κ1) is 10.4. The predicted molar refractivity (Wildman–Crippen MR) is 62.8 cm³/mol. The summed E-state index contributed by atoms with van der Waals surface area (Å²) in [5.41, 5.74) is 6.89. The minimum absolute atomic E-state index is 0.576. The zero-order valence-electron chi connectivity index (χ0n) is 9.32. The van der Waals surface area contributed by atoms with E-state index in [-0.39, 0.29) is 0 Å². The van der Waals surface area contributed by atoms with Crippen molar-refractivity contribution in [2.75, 3.05) is 11.4 Å². The second kappa shape index (κ2) is 4.62. The number of nitrogens with zero attached hydrogens (tertiary/aromatic N) is 2. The Morgan fingerprint density at radius 1 is 1.53 bits per heavy atom. The second-order valence-electron chi connectivity index (χ2n) is 4.23. The van der Waals surface area contributed by atoms with Crippen LogP contribution in [0.2, 0.25) is 0 Å². The predicted octanol–water partition coefficient (Wildman–Crippen LogP) is 1.92. The standard InChI is InChI=1S/C12H19N3/c1-10-5-2-3-8-15(10)12-11(9-13)6-4-7-14-12/h4,6-7,10H,2-3,5,8-9,13H2,1H3. The molecule has 0 spiro atoms. The summed E-state index contributed by atoms with van der Waals surface area (Å²) < 4.78 is 0. The summed E-state index contributed by atoms with van der Waals surface area (Å²) in [6.45, 7) is 3.96. The third kappa shape index (κ3) is 2.12. The number of aromatic nitrogens is 1. The van der Waals surface area contributed by atoms with Gasteiger partial charge in [-0.05, 0) is 32.3 Å². The topological polar surface area (TPSA) is 42.2 Å². The van der Waals surface area contributed by atoms with Gasteiger partial charge in [-0.15, -0.1) is 0 Å². The normalized spacial score (nSPS) is 21.7. The molecule has 0 aromatic carbocycles. The van der Waals surface area contributed by atoms with Crippen molar-refractivity contribution >= 4 is 5.82 Å². The number of anilines is 1.